The zero-order chi connectivity index (χ0) is 15.5. The van der Waals surface area contributed by atoms with Gasteiger partial charge in [-0.2, -0.15) is 0 Å². The van der Waals surface area contributed by atoms with Crippen LogP contribution in [0, 0.1) is 0 Å². The SMILES string of the molecule is COc1ccc(C(=O)Oc2cc(=O)oc3ccccc23)cc1. The average molecular weight is 296 g/mol. The number of esters is 1. The van der Waals surface area contributed by atoms with Gasteiger partial charge in [0.2, 0.25) is 0 Å². The van der Waals surface area contributed by atoms with E-state index in [0.29, 0.717) is 22.3 Å². The van der Waals surface area contributed by atoms with Crippen LogP contribution in [-0.2, 0) is 0 Å². The lowest BCUT2D eigenvalue weighted by Gasteiger charge is -2.07. The van der Waals surface area contributed by atoms with Crippen molar-refractivity contribution in [3.8, 4) is 11.5 Å². The van der Waals surface area contributed by atoms with E-state index >= 15 is 0 Å². The highest BCUT2D eigenvalue weighted by atomic mass is 16.5. The Kier molecular flexibility index (Phi) is 3.62. The number of hydrogen-bond donors (Lipinski definition) is 0. The first-order chi connectivity index (χ1) is 10.7. The molecule has 0 aliphatic carbocycles. The van der Waals surface area contributed by atoms with Gasteiger partial charge < -0.3 is 13.9 Å². The number of hydrogen-bond acceptors (Lipinski definition) is 5. The molecule has 0 aliphatic heterocycles. The van der Waals surface area contributed by atoms with Crippen molar-refractivity contribution in [1.29, 1.82) is 0 Å². The van der Waals surface area contributed by atoms with E-state index in [-0.39, 0.29) is 5.75 Å². The first-order valence-corrected chi connectivity index (χ1v) is 6.56. The maximum absolute atomic E-state index is 12.2. The third-order valence-electron chi connectivity index (χ3n) is 3.14. The molecule has 0 bridgehead atoms. The normalized spacial score (nSPS) is 10.4. The molecule has 2 aromatic carbocycles. The van der Waals surface area contributed by atoms with Crippen LogP contribution in [0.5, 0.6) is 11.5 Å². The number of rotatable bonds is 3. The second kappa shape index (κ2) is 5.73. The molecule has 5 nitrogen and oxygen atoms in total. The number of para-hydroxylation sites is 1. The van der Waals surface area contributed by atoms with Gasteiger partial charge in [0.05, 0.1) is 24.1 Å². The third kappa shape index (κ3) is 2.69. The molecule has 3 rings (SSSR count). The first-order valence-electron chi connectivity index (χ1n) is 6.56. The van der Waals surface area contributed by atoms with E-state index < -0.39 is 11.6 Å². The Morgan fingerprint density at radius 1 is 1.05 bits per heavy atom. The predicted octanol–water partition coefficient (Wildman–Crippen LogP) is 3.02. The molecule has 3 aromatic rings. The van der Waals surface area contributed by atoms with E-state index in [1.807, 2.05) is 0 Å². The lowest BCUT2D eigenvalue weighted by Crippen LogP contribution is -2.10. The molecule has 0 amide bonds. The quantitative estimate of drug-likeness (QED) is 0.549. The number of fused-ring (bicyclic) bond motifs is 1. The second-order valence-electron chi connectivity index (χ2n) is 4.54. The van der Waals surface area contributed by atoms with Crippen molar-refractivity contribution in [1.82, 2.24) is 0 Å². The molecule has 0 saturated heterocycles. The summed E-state index contributed by atoms with van der Waals surface area (Å²) in [6, 6.07) is 14.5. The van der Waals surface area contributed by atoms with Gasteiger partial charge in [-0.25, -0.2) is 9.59 Å². The highest BCUT2D eigenvalue weighted by molar-refractivity contribution is 5.94. The zero-order valence-electron chi connectivity index (χ0n) is 11.7. The minimum absolute atomic E-state index is 0.174. The maximum atomic E-state index is 12.2. The molecule has 5 heteroatoms. The zero-order valence-corrected chi connectivity index (χ0v) is 11.7. The van der Waals surface area contributed by atoms with Crippen LogP contribution in [0.4, 0.5) is 0 Å². The molecule has 0 fully saturated rings. The molecular formula is C17H12O5. The van der Waals surface area contributed by atoms with Gasteiger partial charge in [0.25, 0.3) is 0 Å². The Balaban J connectivity index is 1.95. The standard InChI is InChI=1S/C17H12O5/c1-20-12-8-6-11(7-9-12)17(19)22-15-10-16(18)21-14-5-3-2-4-13(14)15/h2-10H,1H3. The van der Waals surface area contributed by atoms with Gasteiger partial charge in [0, 0.05) is 0 Å². The van der Waals surface area contributed by atoms with E-state index in [1.54, 1.807) is 55.6 Å². The molecule has 0 unspecified atom stereocenters. The Labute approximate surface area is 125 Å². The highest BCUT2D eigenvalue weighted by Gasteiger charge is 2.13. The molecule has 0 atom stereocenters. The Morgan fingerprint density at radius 3 is 2.50 bits per heavy atom. The van der Waals surface area contributed by atoms with Crippen LogP contribution >= 0.6 is 0 Å². The lowest BCUT2D eigenvalue weighted by molar-refractivity contribution is 0.0736. The number of methoxy groups -OCH3 is 1. The van der Waals surface area contributed by atoms with Gasteiger partial charge in [0.15, 0.2) is 0 Å². The van der Waals surface area contributed by atoms with Crippen LogP contribution < -0.4 is 15.1 Å². The number of carbonyl (C=O) groups is 1. The van der Waals surface area contributed by atoms with E-state index in [2.05, 4.69) is 0 Å². The van der Waals surface area contributed by atoms with Crippen LogP contribution in [0.15, 0.2) is 63.8 Å². The minimum atomic E-state index is -0.573. The summed E-state index contributed by atoms with van der Waals surface area (Å²) in [7, 11) is 1.54. The fourth-order valence-electron chi connectivity index (χ4n) is 2.05. The van der Waals surface area contributed by atoms with Gasteiger partial charge in [-0.15, -0.1) is 0 Å². The van der Waals surface area contributed by atoms with E-state index in [0.717, 1.165) is 6.07 Å². The molecule has 0 radical (unpaired) electrons. The largest absolute Gasteiger partial charge is 0.497 e. The third-order valence-corrected chi connectivity index (χ3v) is 3.14. The molecule has 110 valence electrons. The van der Waals surface area contributed by atoms with Gasteiger partial charge in [-0.3, -0.25) is 0 Å². The first kappa shape index (κ1) is 13.9. The van der Waals surface area contributed by atoms with Crippen molar-refractivity contribution >= 4 is 16.9 Å². The fourth-order valence-corrected chi connectivity index (χ4v) is 2.05. The van der Waals surface area contributed by atoms with E-state index in [4.69, 9.17) is 13.9 Å². The Morgan fingerprint density at radius 2 is 1.77 bits per heavy atom. The highest BCUT2D eigenvalue weighted by Crippen LogP contribution is 2.24. The number of ether oxygens (including phenoxy) is 2. The molecule has 0 aliphatic rings. The smallest absolute Gasteiger partial charge is 0.343 e. The Hall–Kier alpha value is -3.08. The van der Waals surface area contributed by atoms with Crippen molar-refractivity contribution in [3.05, 3.63) is 70.6 Å². The Bertz CT molecular complexity index is 877. The lowest BCUT2D eigenvalue weighted by atomic mass is 10.2. The van der Waals surface area contributed by atoms with E-state index in [9.17, 15) is 9.59 Å². The summed E-state index contributed by atoms with van der Waals surface area (Å²) in [5.74, 6) is 0.258. The van der Waals surface area contributed by atoms with Crippen LogP contribution in [0.25, 0.3) is 11.0 Å². The summed E-state index contributed by atoms with van der Waals surface area (Å²) < 4.78 is 15.4. The summed E-state index contributed by atoms with van der Waals surface area (Å²) >= 11 is 0. The van der Waals surface area contributed by atoms with Gasteiger partial charge in [-0.05, 0) is 36.4 Å². The average Bonchev–Trinajstić information content (AvgIpc) is 2.54. The van der Waals surface area contributed by atoms with Crippen molar-refractivity contribution in [2.75, 3.05) is 7.11 Å². The topological polar surface area (TPSA) is 65.7 Å². The maximum Gasteiger partial charge on any atom is 0.343 e. The van der Waals surface area contributed by atoms with Crippen LogP contribution in [0.2, 0.25) is 0 Å². The molecular weight excluding hydrogens is 284 g/mol. The van der Waals surface area contributed by atoms with Crippen LogP contribution in [0.3, 0.4) is 0 Å². The molecule has 1 heterocycles. The number of carbonyl (C=O) groups excluding carboxylic acids is 1. The molecule has 0 N–H and O–H groups in total. The van der Waals surface area contributed by atoms with Crippen LogP contribution in [0.1, 0.15) is 10.4 Å². The summed E-state index contributed by atoms with van der Waals surface area (Å²) in [4.78, 5) is 23.7. The molecule has 22 heavy (non-hydrogen) atoms. The van der Waals surface area contributed by atoms with Gasteiger partial charge >= 0.3 is 11.6 Å². The summed E-state index contributed by atoms with van der Waals surface area (Å²) in [6.07, 6.45) is 0. The van der Waals surface area contributed by atoms with E-state index in [1.165, 1.54) is 0 Å². The minimum Gasteiger partial charge on any atom is -0.497 e. The van der Waals surface area contributed by atoms with Crippen molar-refractivity contribution in [2.24, 2.45) is 0 Å². The van der Waals surface area contributed by atoms with Crippen molar-refractivity contribution in [2.45, 2.75) is 0 Å². The van der Waals surface area contributed by atoms with Crippen LogP contribution in [-0.4, -0.2) is 13.1 Å². The number of benzene rings is 2. The summed E-state index contributed by atoms with van der Waals surface area (Å²) in [6.45, 7) is 0. The monoisotopic (exact) mass is 296 g/mol. The fraction of sp³-hybridized carbons (Fsp3) is 0.0588. The predicted molar refractivity (Wildman–Crippen MR) is 80.4 cm³/mol. The van der Waals surface area contributed by atoms with Crippen molar-refractivity contribution in [3.63, 3.8) is 0 Å². The van der Waals surface area contributed by atoms with Crippen molar-refractivity contribution < 1.29 is 18.7 Å². The van der Waals surface area contributed by atoms with Gasteiger partial charge in [0.1, 0.15) is 17.1 Å². The molecule has 0 saturated carbocycles. The second-order valence-corrected chi connectivity index (χ2v) is 4.54. The summed E-state index contributed by atoms with van der Waals surface area (Å²) in [5, 5.41) is 0.559. The molecule has 0 spiro atoms. The molecule has 1 aromatic heterocycles. The van der Waals surface area contributed by atoms with Gasteiger partial charge in [-0.1, -0.05) is 12.1 Å². The summed E-state index contributed by atoms with van der Waals surface area (Å²) in [5.41, 5.74) is 0.155.